The van der Waals surface area contributed by atoms with Gasteiger partial charge in [-0.15, -0.1) is 0 Å². The van der Waals surface area contributed by atoms with Gasteiger partial charge in [-0.25, -0.2) is 4.79 Å². The van der Waals surface area contributed by atoms with Crippen LogP contribution in [-0.2, 0) is 13.8 Å². The normalized spacial score (nSPS) is 27.9. The largest absolute Gasteiger partial charge is 0.388 e. The molecule has 184 valence electrons. The lowest BCUT2D eigenvalue weighted by atomic mass is 9.93. The van der Waals surface area contributed by atoms with Gasteiger partial charge in [-0.3, -0.25) is 13.9 Å². The molecule has 0 amide bonds. The summed E-state index contributed by atoms with van der Waals surface area (Å²) in [6, 6.07) is 0. The second-order valence-electron chi connectivity index (χ2n) is 8.12. The average Bonchev–Trinajstić information content (AvgIpc) is 2.99. The Hall–Kier alpha value is -2.06. The summed E-state index contributed by atoms with van der Waals surface area (Å²) in [5.74, 6) is -4.99. The first-order valence-electron chi connectivity index (χ1n) is 9.94. The second-order valence-corrected chi connectivity index (χ2v) is 10.2. The maximum atomic E-state index is 13.7. The number of aromatic nitrogens is 3. The molecule has 2 aromatic heterocycles. The Bertz CT molecular complexity index is 1220. The van der Waals surface area contributed by atoms with Gasteiger partial charge >= 0.3 is 13.3 Å². The SMILES string of the molecule is CCC(C)(C[C@H]1O[C@@H](n2cc3c(=O)c(F)c(F)[nH]c3nc2=O)[C@@H](O)C1O)OP(=O)(O)C(C)O. The summed E-state index contributed by atoms with van der Waals surface area (Å²) in [4.78, 5) is 39.6. The summed E-state index contributed by atoms with van der Waals surface area (Å²) in [5.41, 5.74) is -4.37. The molecule has 0 saturated carbocycles. The zero-order valence-corrected chi connectivity index (χ0v) is 18.7. The van der Waals surface area contributed by atoms with Crippen LogP contribution >= 0.6 is 7.60 Å². The number of nitrogens with one attached hydrogen (secondary N) is 1. The summed E-state index contributed by atoms with van der Waals surface area (Å²) < 4.78 is 50.7. The molecule has 1 aliphatic rings. The molecule has 12 nitrogen and oxygen atoms in total. The number of hydrogen-bond acceptors (Lipinski definition) is 9. The molecule has 0 aromatic carbocycles. The number of H-pyrrole nitrogens is 1. The van der Waals surface area contributed by atoms with E-state index < -0.39 is 77.5 Å². The lowest BCUT2D eigenvalue weighted by Gasteiger charge is -2.34. The fraction of sp³-hybridized carbons (Fsp3) is 0.611. The summed E-state index contributed by atoms with van der Waals surface area (Å²) in [7, 11) is -4.43. The minimum Gasteiger partial charge on any atom is -0.388 e. The predicted octanol–water partition coefficient (Wildman–Crippen LogP) is 0.0813. The lowest BCUT2D eigenvalue weighted by molar-refractivity contribution is -0.0691. The molecule has 0 aliphatic carbocycles. The number of hydrogen-bond donors (Lipinski definition) is 5. The molecule has 2 aromatic rings. The van der Waals surface area contributed by atoms with E-state index in [0.29, 0.717) is 4.57 Å². The van der Waals surface area contributed by atoms with Crippen molar-refractivity contribution < 1.29 is 42.8 Å². The standard InChI is InChI=1S/C18H24F2N3O9P/c1-4-18(3,32-33(29,30)7(2)24)5-9-12(26)13(27)16(31-9)23-6-8-11(25)10(19)14(20)21-15(8)22-17(23)28/h6-7,9,12-13,16,24,26-27H,4-5H2,1-3H3,(H,29,30)(H,21,22,28)/t7?,9-,12?,13+,16-,18?/m1/s1. The summed E-state index contributed by atoms with van der Waals surface area (Å²) in [6.07, 6.45) is -5.36. The molecule has 3 rings (SSSR count). The van der Waals surface area contributed by atoms with Gasteiger partial charge in [0.25, 0.3) is 0 Å². The molecular weight excluding hydrogens is 471 g/mol. The number of fused-ring (bicyclic) bond motifs is 1. The maximum Gasteiger partial charge on any atom is 0.356 e. The van der Waals surface area contributed by atoms with Gasteiger partial charge in [-0.1, -0.05) is 6.92 Å². The lowest BCUT2D eigenvalue weighted by Crippen LogP contribution is -2.39. The maximum absolute atomic E-state index is 13.7. The van der Waals surface area contributed by atoms with E-state index in [0.717, 1.165) is 13.1 Å². The Labute approximate surface area is 185 Å². The zero-order valence-electron chi connectivity index (χ0n) is 17.8. The van der Waals surface area contributed by atoms with Crippen molar-refractivity contribution >= 4 is 18.6 Å². The van der Waals surface area contributed by atoms with Crippen molar-refractivity contribution in [1.29, 1.82) is 0 Å². The first-order chi connectivity index (χ1) is 15.2. The molecule has 0 bridgehead atoms. The molecule has 7 atom stereocenters. The van der Waals surface area contributed by atoms with Gasteiger partial charge in [0.1, 0.15) is 12.2 Å². The molecule has 4 unspecified atom stereocenters. The highest BCUT2D eigenvalue weighted by molar-refractivity contribution is 7.53. The number of aliphatic hydroxyl groups is 3. The third-order valence-corrected chi connectivity index (χ3v) is 7.28. The average molecular weight is 495 g/mol. The number of nitrogens with zero attached hydrogens (tertiary/aromatic N) is 2. The molecule has 1 saturated heterocycles. The van der Waals surface area contributed by atoms with Crippen LogP contribution in [0.2, 0.25) is 0 Å². The van der Waals surface area contributed by atoms with Gasteiger partial charge in [-0.05, 0) is 20.3 Å². The van der Waals surface area contributed by atoms with Gasteiger partial charge in [0.05, 0.1) is 17.1 Å². The Balaban J connectivity index is 1.94. The molecule has 33 heavy (non-hydrogen) atoms. The highest BCUT2D eigenvalue weighted by Gasteiger charge is 2.48. The minimum atomic E-state index is -4.43. The van der Waals surface area contributed by atoms with Crippen molar-refractivity contribution in [2.75, 3.05) is 0 Å². The van der Waals surface area contributed by atoms with Crippen LogP contribution in [0.5, 0.6) is 0 Å². The monoisotopic (exact) mass is 495 g/mol. The second kappa shape index (κ2) is 8.95. The summed E-state index contributed by atoms with van der Waals surface area (Å²) >= 11 is 0. The number of aromatic amines is 1. The molecule has 0 spiro atoms. The Morgan fingerprint density at radius 1 is 1.36 bits per heavy atom. The van der Waals surface area contributed by atoms with Crippen molar-refractivity contribution in [2.45, 2.75) is 69.6 Å². The topological polar surface area (TPSA) is 184 Å². The first-order valence-corrected chi connectivity index (χ1v) is 11.6. The van der Waals surface area contributed by atoms with Crippen molar-refractivity contribution in [1.82, 2.24) is 14.5 Å². The van der Waals surface area contributed by atoms with Crippen molar-refractivity contribution in [3.05, 3.63) is 38.7 Å². The van der Waals surface area contributed by atoms with Crippen LogP contribution in [0.4, 0.5) is 8.78 Å². The van der Waals surface area contributed by atoms with E-state index in [2.05, 4.69) is 4.98 Å². The molecule has 1 aliphatic heterocycles. The fourth-order valence-electron chi connectivity index (χ4n) is 3.48. The quantitative estimate of drug-likeness (QED) is 0.260. The third-order valence-electron chi connectivity index (χ3n) is 5.63. The molecule has 5 N–H and O–H groups in total. The number of rotatable bonds is 7. The highest BCUT2D eigenvalue weighted by atomic mass is 31.2. The summed E-state index contributed by atoms with van der Waals surface area (Å²) in [6.45, 7) is 4.14. The zero-order chi connectivity index (χ0) is 24.9. The van der Waals surface area contributed by atoms with E-state index in [1.807, 2.05) is 4.98 Å². The van der Waals surface area contributed by atoms with Crippen LogP contribution in [-0.4, -0.2) is 64.5 Å². The van der Waals surface area contributed by atoms with Crippen LogP contribution in [0.25, 0.3) is 11.0 Å². The highest BCUT2D eigenvalue weighted by Crippen LogP contribution is 2.52. The smallest absolute Gasteiger partial charge is 0.356 e. The van der Waals surface area contributed by atoms with Crippen molar-refractivity contribution in [2.24, 2.45) is 0 Å². The van der Waals surface area contributed by atoms with E-state index in [1.54, 1.807) is 6.92 Å². The number of pyridine rings is 1. The van der Waals surface area contributed by atoms with Crippen LogP contribution in [0.15, 0.2) is 15.8 Å². The summed E-state index contributed by atoms with van der Waals surface area (Å²) in [5, 5.41) is 29.9. The number of ether oxygens (including phenoxy) is 1. The van der Waals surface area contributed by atoms with E-state index in [9.17, 15) is 43.1 Å². The Morgan fingerprint density at radius 3 is 2.58 bits per heavy atom. The minimum absolute atomic E-state index is 0.148. The van der Waals surface area contributed by atoms with Crippen LogP contribution in [0, 0.1) is 11.8 Å². The number of halogens is 2. The molecule has 3 heterocycles. The van der Waals surface area contributed by atoms with Crippen LogP contribution in [0.3, 0.4) is 0 Å². The molecule has 15 heteroatoms. The fourth-order valence-corrected chi connectivity index (χ4v) is 4.47. The van der Waals surface area contributed by atoms with Crippen molar-refractivity contribution in [3.63, 3.8) is 0 Å². The Kier molecular flexibility index (Phi) is 6.93. The van der Waals surface area contributed by atoms with Gasteiger partial charge in [0, 0.05) is 12.6 Å². The van der Waals surface area contributed by atoms with Gasteiger partial charge in [0.15, 0.2) is 17.7 Å². The van der Waals surface area contributed by atoms with E-state index in [4.69, 9.17) is 9.26 Å². The van der Waals surface area contributed by atoms with Gasteiger partial charge < -0.3 is 34.5 Å². The predicted molar refractivity (Wildman–Crippen MR) is 108 cm³/mol. The number of aliphatic hydroxyl groups excluding tert-OH is 3. The van der Waals surface area contributed by atoms with Crippen LogP contribution in [0.1, 0.15) is 39.8 Å². The molecule has 0 radical (unpaired) electrons. The van der Waals surface area contributed by atoms with Gasteiger partial charge in [-0.2, -0.15) is 13.8 Å². The van der Waals surface area contributed by atoms with Crippen LogP contribution < -0.4 is 11.1 Å². The first kappa shape index (κ1) is 25.6. The van der Waals surface area contributed by atoms with E-state index >= 15 is 0 Å². The van der Waals surface area contributed by atoms with Gasteiger partial charge in [0.2, 0.25) is 17.2 Å². The third kappa shape index (κ3) is 4.78. The molecular formula is C18H24F2N3O9P. The van der Waals surface area contributed by atoms with E-state index in [1.165, 1.54) is 6.92 Å². The molecule has 1 fully saturated rings. The van der Waals surface area contributed by atoms with E-state index in [-0.39, 0.29) is 12.8 Å². The Morgan fingerprint density at radius 2 is 2.00 bits per heavy atom. The van der Waals surface area contributed by atoms with Crippen molar-refractivity contribution in [3.8, 4) is 0 Å².